The van der Waals surface area contributed by atoms with E-state index in [1.807, 2.05) is 42.5 Å². The molecule has 30 heavy (non-hydrogen) atoms. The molecule has 0 bridgehead atoms. The number of ether oxygens (including phenoxy) is 2. The second-order valence-corrected chi connectivity index (χ2v) is 7.05. The molecule has 1 aromatic heterocycles. The molecule has 0 atom stereocenters. The van der Waals surface area contributed by atoms with Crippen LogP contribution in [0.3, 0.4) is 0 Å². The van der Waals surface area contributed by atoms with E-state index in [0.29, 0.717) is 32.9 Å². The van der Waals surface area contributed by atoms with Crippen molar-refractivity contribution in [2.45, 2.75) is 6.54 Å². The summed E-state index contributed by atoms with van der Waals surface area (Å²) in [6.07, 6.45) is 1.78. The Balaban J connectivity index is 1.22. The first-order chi connectivity index (χ1) is 14.8. The Kier molecular flexibility index (Phi) is 6.61. The third kappa shape index (κ3) is 5.18. The summed E-state index contributed by atoms with van der Waals surface area (Å²) in [5.41, 5.74) is 0.988. The van der Waals surface area contributed by atoms with Gasteiger partial charge in [0.1, 0.15) is 18.2 Å². The second kappa shape index (κ2) is 9.93. The molecule has 7 nitrogen and oxygen atoms in total. The number of urea groups is 1. The largest absolute Gasteiger partial charge is 0.492 e. The molecule has 0 saturated carbocycles. The Morgan fingerprint density at radius 2 is 1.87 bits per heavy atom. The first kappa shape index (κ1) is 20.0. The van der Waals surface area contributed by atoms with Crippen LogP contribution in [0.1, 0.15) is 5.56 Å². The van der Waals surface area contributed by atoms with E-state index in [-0.39, 0.29) is 6.03 Å². The van der Waals surface area contributed by atoms with Gasteiger partial charge in [0.2, 0.25) is 0 Å². The molecule has 4 rings (SSSR count). The van der Waals surface area contributed by atoms with Gasteiger partial charge in [-0.3, -0.25) is 0 Å². The third-order valence-electron chi connectivity index (χ3n) is 4.99. The average molecular weight is 406 g/mol. The summed E-state index contributed by atoms with van der Waals surface area (Å²) in [5, 5.41) is 8.04. The molecule has 2 amide bonds. The van der Waals surface area contributed by atoms with Crippen LogP contribution in [0.5, 0.6) is 5.75 Å². The highest BCUT2D eigenvalue weighted by molar-refractivity contribution is 5.83. The number of aromatic nitrogens is 1. The van der Waals surface area contributed by atoms with Crippen LogP contribution in [0, 0.1) is 0 Å². The van der Waals surface area contributed by atoms with Crippen LogP contribution in [0.25, 0.3) is 10.8 Å². The minimum atomic E-state index is -0.228. The van der Waals surface area contributed by atoms with Crippen LogP contribution >= 0.6 is 0 Å². The number of pyridine rings is 1. The van der Waals surface area contributed by atoms with E-state index in [2.05, 4.69) is 32.7 Å². The number of morpholine rings is 1. The quantitative estimate of drug-likeness (QED) is 0.590. The molecule has 2 heterocycles. The molecular weight excluding hydrogens is 380 g/mol. The lowest BCUT2D eigenvalue weighted by molar-refractivity contribution is 0.122. The predicted octanol–water partition coefficient (Wildman–Crippen LogP) is 2.95. The summed E-state index contributed by atoms with van der Waals surface area (Å²) in [6.45, 7) is 4.24. The summed E-state index contributed by atoms with van der Waals surface area (Å²) in [4.78, 5) is 18.8. The molecule has 0 aliphatic carbocycles. The molecular formula is C23H26N4O3. The summed E-state index contributed by atoms with van der Waals surface area (Å²) in [6, 6.07) is 17.8. The van der Waals surface area contributed by atoms with Gasteiger partial charge in [-0.25, -0.2) is 9.78 Å². The fourth-order valence-corrected chi connectivity index (χ4v) is 3.46. The van der Waals surface area contributed by atoms with Crippen LogP contribution in [0.15, 0.2) is 60.8 Å². The number of hydrogen-bond donors (Lipinski definition) is 2. The number of benzene rings is 2. The number of carbonyl (C=O) groups excluding carboxylic acids is 1. The van der Waals surface area contributed by atoms with Gasteiger partial charge in [0.05, 0.1) is 19.8 Å². The molecule has 1 aliphatic rings. The Hall–Kier alpha value is -3.32. The molecule has 3 aromatic rings. The zero-order valence-corrected chi connectivity index (χ0v) is 16.8. The van der Waals surface area contributed by atoms with E-state index >= 15 is 0 Å². The number of rotatable bonds is 7. The van der Waals surface area contributed by atoms with Crippen molar-refractivity contribution in [1.29, 1.82) is 0 Å². The lowest BCUT2D eigenvalue weighted by Gasteiger charge is -2.29. The van der Waals surface area contributed by atoms with Crippen molar-refractivity contribution < 1.29 is 14.3 Å². The lowest BCUT2D eigenvalue weighted by Crippen LogP contribution is -2.39. The van der Waals surface area contributed by atoms with Gasteiger partial charge in [-0.05, 0) is 29.0 Å². The van der Waals surface area contributed by atoms with Crippen molar-refractivity contribution in [3.8, 4) is 5.75 Å². The van der Waals surface area contributed by atoms with Crippen LogP contribution in [0.4, 0.5) is 10.6 Å². The van der Waals surface area contributed by atoms with Gasteiger partial charge in [-0.2, -0.15) is 0 Å². The van der Waals surface area contributed by atoms with E-state index in [1.54, 1.807) is 6.20 Å². The van der Waals surface area contributed by atoms with Gasteiger partial charge in [0.25, 0.3) is 0 Å². The molecule has 0 spiro atoms. The molecule has 1 aliphatic heterocycles. The Morgan fingerprint density at radius 3 is 2.73 bits per heavy atom. The maximum Gasteiger partial charge on any atom is 0.315 e. The number of fused-ring (bicyclic) bond motifs is 1. The van der Waals surface area contributed by atoms with Gasteiger partial charge < -0.3 is 25.0 Å². The zero-order valence-electron chi connectivity index (χ0n) is 16.8. The van der Waals surface area contributed by atoms with Crippen molar-refractivity contribution in [2.24, 2.45) is 0 Å². The lowest BCUT2D eigenvalue weighted by atomic mass is 10.1. The molecule has 0 radical (unpaired) electrons. The Morgan fingerprint density at radius 1 is 1.03 bits per heavy atom. The standard InChI is InChI=1S/C23H26N4O3/c28-23(25-10-13-30-21-8-7-18-4-1-2-5-19(18)16-21)26-17-20-6-3-9-24-22(20)27-11-14-29-15-12-27/h1-9,16H,10-15,17H2,(H2,25,26,28). The topological polar surface area (TPSA) is 75.7 Å². The van der Waals surface area contributed by atoms with Crippen molar-refractivity contribution >= 4 is 22.6 Å². The first-order valence-electron chi connectivity index (χ1n) is 10.2. The molecule has 0 unspecified atom stereocenters. The minimum absolute atomic E-state index is 0.228. The highest BCUT2D eigenvalue weighted by Crippen LogP contribution is 2.20. The summed E-state index contributed by atoms with van der Waals surface area (Å²) in [5.74, 6) is 1.70. The second-order valence-electron chi connectivity index (χ2n) is 7.05. The Bertz CT molecular complexity index is 989. The maximum atomic E-state index is 12.2. The van der Waals surface area contributed by atoms with Gasteiger partial charge >= 0.3 is 6.03 Å². The maximum absolute atomic E-state index is 12.2. The van der Waals surface area contributed by atoms with Crippen LogP contribution < -0.4 is 20.3 Å². The van der Waals surface area contributed by atoms with Gasteiger partial charge in [-0.15, -0.1) is 0 Å². The summed E-state index contributed by atoms with van der Waals surface area (Å²) >= 11 is 0. The number of anilines is 1. The van der Waals surface area contributed by atoms with Crippen LogP contribution in [0.2, 0.25) is 0 Å². The summed E-state index contributed by atoms with van der Waals surface area (Å²) < 4.78 is 11.2. The fraction of sp³-hybridized carbons (Fsp3) is 0.304. The SMILES string of the molecule is O=C(NCCOc1ccc2ccccc2c1)NCc1cccnc1N1CCOCC1. The zero-order chi connectivity index (χ0) is 20.6. The first-order valence-corrected chi connectivity index (χ1v) is 10.2. The van der Waals surface area contributed by atoms with E-state index < -0.39 is 0 Å². The van der Waals surface area contributed by atoms with Crippen molar-refractivity contribution in [2.75, 3.05) is 44.4 Å². The number of nitrogens with zero attached hydrogens (tertiary/aromatic N) is 2. The monoisotopic (exact) mass is 406 g/mol. The van der Waals surface area contributed by atoms with Crippen LogP contribution in [-0.4, -0.2) is 50.5 Å². The van der Waals surface area contributed by atoms with E-state index in [4.69, 9.17) is 9.47 Å². The van der Waals surface area contributed by atoms with Crippen LogP contribution in [-0.2, 0) is 11.3 Å². The van der Waals surface area contributed by atoms with E-state index in [9.17, 15) is 4.79 Å². The number of nitrogens with one attached hydrogen (secondary N) is 2. The van der Waals surface area contributed by atoms with Gasteiger partial charge in [-0.1, -0.05) is 36.4 Å². The molecule has 1 saturated heterocycles. The van der Waals surface area contributed by atoms with Gasteiger partial charge in [0, 0.05) is 31.4 Å². The van der Waals surface area contributed by atoms with Crippen molar-refractivity contribution in [1.82, 2.24) is 15.6 Å². The minimum Gasteiger partial charge on any atom is -0.492 e. The highest BCUT2D eigenvalue weighted by Gasteiger charge is 2.16. The number of amides is 2. The van der Waals surface area contributed by atoms with Crippen molar-refractivity contribution in [3.63, 3.8) is 0 Å². The molecule has 156 valence electrons. The molecule has 2 N–H and O–H groups in total. The van der Waals surface area contributed by atoms with E-state index in [1.165, 1.54) is 5.39 Å². The Labute approximate surface area is 176 Å². The molecule has 2 aromatic carbocycles. The molecule has 1 fully saturated rings. The average Bonchev–Trinajstić information content (AvgIpc) is 2.81. The number of carbonyl (C=O) groups is 1. The predicted molar refractivity (Wildman–Crippen MR) is 117 cm³/mol. The van der Waals surface area contributed by atoms with E-state index in [0.717, 1.165) is 35.6 Å². The highest BCUT2D eigenvalue weighted by atomic mass is 16.5. The normalized spacial score (nSPS) is 13.8. The number of hydrogen-bond acceptors (Lipinski definition) is 5. The summed E-state index contributed by atoms with van der Waals surface area (Å²) in [7, 11) is 0. The third-order valence-corrected chi connectivity index (χ3v) is 4.99. The van der Waals surface area contributed by atoms with Crippen molar-refractivity contribution in [3.05, 3.63) is 66.4 Å². The smallest absolute Gasteiger partial charge is 0.315 e. The molecule has 7 heteroatoms. The van der Waals surface area contributed by atoms with Gasteiger partial charge in [0.15, 0.2) is 0 Å². The fourth-order valence-electron chi connectivity index (χ4n) is 3.46.